The van der Waals surface area contributed by atoms with Gasteiger partial charge in [-0.05, 0) is 43.5 Å². The van der Waals surface area contributed by atoms with Crippen LogP contribution in [-0.2, 0) is 0 Å². The predicted molar refractivity (Wildman–Crippen MR) is 101 cm³/mol. The number of benzene rings is 1. The number of para-hydroxylation sites is 1. The number of aromatic amines is 1. The van der Waals surface area contributed by atoms with Crippen molar-refractivity contribution < 1.29 is 9.21 Å². The highest BCUT2D eigenvalue weighted by atomic mass is 16.3. The Hall–Kier alpha value is -3.08. The minimum atomic E-state index is 0.0676. The molecule has 1 saturated heterocycles. The molecule has 4 aromatic rings. The molecule has 1 aliphatic rings. The SMILES string of the molecule is O=C(c1cc2nc(-c3coc4ccccc34)ccc2[nH]1)N1CCCCC1. The number of carbonyl (C=O) groups excluding carboxylic acids is 1. The topological polar surface area (TPSA) is 62.1 Å². The van der Waals surface area contributed by atoms with Gasteiger partial charge < -0.3 is 14.3 Å². The molecule has 0 unspecified atom stereocenters. The summed E-state index contributed by atoms with van der Waals surface area (Å²) in [5.41, 5.74) is 4.95. The van der Waals surface area contributed by atoms with Crippen LogP contribution in [0.2, 0.25) is 0 Å². The number of nitrogens with one attached hydrogen (secondary N) is 1. The zero-order valence-electron chi connectivity index (χ0n) is 14.4. The summed E-state index contributed by atoms with van der Waals surface area (Å²) in [6.45, 7) is 1.68. The van der Waals surface area contributed by atoms with Gasteiger partial charge in [0.15, 0.2) is 0 Å². The molecule has 1 aliphatic heterocycles. The van der Waals surface area contributed by atoms with Crippen LogP contribution in [0.3, 0.4) is 0 Å². The van der Waals surface area contributed by atoms with Crippen LogP contribution in [0.25, 0.3) is 33.3 Å². The Morgan fingerprint density at radius 2 is 1.92 bits per heavy atom. The first-order valence-electron chi connectivity index (χ1n) is 9.05. The molecule has 0 saturated carbocycles. The van der Waals surface area contributed by atoms with Crippen LogP contribution in [0.15, 0.2) is 53.1 Å². The normalized spacial score (nSPS) is 15.0. The lowest BCUT2D eigenvalue weighted by molar-refractivity contribution is 0.0719. The average molecular weight is 345 g/mol. The molecule has 0 spiro atoms. The van der Waals surface area contributed by atoms with Gasteiger partial charge >= 0.3 is 0 Å². The largest absolute Gasteiger partial charge is 0.464 e. The second-order valence-electron chi connectivity index (χ2n) is 6.81. The Labute approximate surface area is 150 Å². The molecule has 4 heterocycles. The third-order valence-corrected chi connectivity index (χ3v) is 5.11. The third-order valence-electron chi connectivity index (χ3n) is 5.11. The number of aromatic nitrogens is 2. The first kappa shape index (κ1) is 15.2. The fourth-order valence-corrected chi connectivity index (χ4v) is 3.72. The van der Waals surface area contributed by atoms with Gasteiger partial charge in [-0.1, -0.05) is 18.2 Å². The maximum Gasteiger partial charge on any atom is 0.270 e. The number of carbonyl (C=O) groups is 1. The van der Waals surface area contributed by atoms with Crippen LogP contribution in [0, 0.1) is 0 Å². The van der Waals surface area contributed by atoms with Crippen LogP contribution in [-0.4, -0.2) is 33.9 Å². The number of amides is 1. The van der Waals surface area contributed by atoms with Crippen LogP contribution < -0.4 is 0 Å². The maximum absolute atomic E-state index is 12.7. The molecule has 26 heavy (non-hydrogen) atoms. The Bertz CT molecular complexity index is 1100. The smallest absolute Gasteiger partial charge is 0.270 e. The quantitative estimate of drug-likeness (QED) is 0.577. The highest BCUT2D eigenvalue weighted by Crippen LogP contribution is 2.30. The van der Waals surface area contributed by atoms with Crippen molar-refractivity contribution in [2.24, 2.45) is 0 Å². The number of hydrogen-bond donors (Lipinski definition) is 1. The van der Waals surface area contributed by atoms with E-state index < -0.39 is 0 Å². The van der Waals surface area contributed by atoms with Crippen molar-refractivity contribution in [3.05, 3.63) is 54.4 Å². The number of pyridine rings is 1. The summed E-state index contributed by atoms with van der Waals surface area (Å²) in [6.07, 6.45) is 5.12. The van der Waals surface area contributed by atoms with Crippen molar-refractivity contribution in [2.75, 3.05) is 13.1 Å². The van der Waals surface area contributed by atoms with Crippen molar-refractivity contribution in [3.8, 4) is 11.3 Å². The molecule has 1 aromatic carbocycles. The molecule has 5 heteroatoms. The predicted octanol–water partition coefficient (Wildman–Crippen LogP) is 4.60. The van der Waals surface area contributed by atoms with E-state index in [4.69, 9.17) is 9.40 Å². The molecule has 0 bridgehead atoms. The van der Waals surface area contributed by atoms with Gasteiger partial charge in [0, 0.05) is 24.0 Å². The van der Waals surface area contributed by atoms with E-state index >= 15 is 0 Å². The summed E-state index contributed by atoms with van der Waals surface area (Å²) >= 11 is 0. The van der Waals surface area contributed by atoms with E-state index in [2.05, 4.69) is 4.98 Å². The Kier molecular flexibility index (Phi) is 3.52. The lowest BCUT2D eigenvalue weighted by atomic mass is 10.1. The van der Waals surface area contributed by atoms with E-state index in [0.29, 0.717) is 5.69 Å². The second kappa shape index (κ2) is 6.02. The molecular formula is C21H19N3O2. The molecule has 0 aliphatic carbocycles. The molecule has 3 aromatic heterocycles. The lowest BCUT2D eigenvalue weighted by Crippen LogP contribution is -2.35. The van der Waals surface area contributed by atoms with Crippen molar-refractivity contribution in [1.82, 2.24) is 14.9 Å². The number of hydrogen-bond acceptors (Lipinski definition) is 3. The molecule has 5 rings (SSSR count). The van der Waals surface area contributed by atoms with E-state index in [1.807, 2.05) is 47.4 Å². The number of H-pyrrole nitrogens is 1. The van der Waals surface area contributed by atoms with E-state index in [-0.39, 0.29) is 5.91 Å². The second-order valence-corrected chi connectivity index (χ2v) is 6.81. The number of rotatable bonds is 2. The van der Waals surface area contributed by atoms with Crippen molar-refractivity contribution >= 4 is 27.9 Å². The van der Waals surface area contributed by atoms with Gasteiger partial charge in [-0.15, -0.1) is 0 Å². The first-order valence-corrected chi connectivity index (χ1v) is 9.05. The highest BCUT2D eigenvalue weighted by molar-refractivity contribution is 5.98. The van der Waals surface area contributed by atoms with Crippen LogP contribution in [0.5, 0.6) is 0 Å². The van der Waals surface area contributed by atoms with Gasteiger partial charge in [-0.25, -0.2) is 4.98 Å². The Balaban J connectivity index is 1.53. The number of piperidine rings is 1. The molecule has 1 fully saturated rings. The fraction of sp³-hybridized carbons (Fsp3) is 0.238. The van der Waals surface area contributed by atoms with Crippen molar-refractivity contribution in [2.45, 2.75) is 19.3 Å². The molecule has 1 N–H and O–H groups in total. The van der Waals surface area contributed by atoms with Gasteiger partial charge in [0.2, 0.25) is 0 Å². The van der Waals surface area contributed by atoms with Gasteiger partial charge in [-0.2, -0.15) is 0 Å². The van der Waals surface area contributed by atoms with Crippen LogP contribution >= 0.6 is 0 Å². The number of furan rings is 1. The average Bonchev–Trinajstić information content (AvgIpc) is 3.31. The monoisotopic (exact) mass is 345 g/mol. The zero-order valence-corrected chi connectivity index (χ0v) is 14.4. The number of likely N-dealkylation sites (tertiary alicyclic amines) is 1. The van der Waals surface area contributed by atoms with Gasteiger partial charge in [0.05, 0.1) is 16.7 Å². The van der Waals surface area contributed by atoms with E-state index in [9.17, 15) is 4.79 Å². The van der Waals surface area contributed by atoms with Crippen LogP contribution in [0.1, 0.15) is 29.8 Å². The standard InChI is InChI=1S/C21H19N3O2/c25-21(24-10-4-1-5-11-24)19-12-18-17(23-19)9-8-16(22-18)15-13-26-20-7-3-2-6-14(15)20/h2-3,6-9,12-13,23H,1,4-5,10-11H2. The summed E-state index contributed by atoms with van der Waals surface area (Å²) in [4.78, 5) is 22.6. The summed E-state index contributed by atoms with van der Waals surface area (Å²) in [5, 5.41) is 1.04. The summed E-state index contributed by atoms with van der Waals surface area (Å²) < 4.78 is 5.63. The summed E-state index contributed by atoms with van der Waals surface area (Å²) in [6, 6.07) is 13.7. The molecule has 0 radical (unpaired) electrons. The highest BCUT2D eigenvalue weighted by Gasteiger charge is 2.20. The maximum atomic E-state index is 12.7. The summed E-state index contributed by atoms with van der Waals surface area (Å²) in [5.74, 6) is 0.0676. The van der Waals surface area contributed by atoms with E-state index in [1.165, 1.54) is 6.42 Å². The summed E-state index contributed by atoms with van der Waals surface area (Å²) in [7, 11) is 0. The molecule has 1 amide bonds. The number of nitrogens with zero attached hydrogens (tertiary/aromatic N) is 2. The zero-order chi connectivity index (χ0) is 17.5. The van der Waals surface area contributed by atoms with Gasteiger partial charge in [-0.3, -0.25) is 4.79 Å². The van der Waals surface area contributed by atoms with Crippen LogP contribution in [0.4, 0.5) is 0 Å². The van der Waals surface area contributed by atoms with Gasteiger partial charge in [0.1, 0.15) is 17.5 Å². The van der Waals surface area contributed by atoms with Gasteiger partial charge in [0.25, 0.3) is 5.91 Å². The minimum absolute atomic E-state index is 0.0676. The Morgan fingerprint density at radius 3 is 2.81 bits per heavy atom. The van der Waals surface area contributed by atoms with Crippen molar-refractivity contribution in [1.29, 1.82) is 0 Å². The number of fused-ring (bicyclic) bond motifs is 2. The minimum Gasteiger partial charge on any atom is -0.464 e. The Morgan fingerprint density at radius 1 is 1.08 bits per heavy atom. The molecular weight excluding hydrogens is 326 g/mol. The van der Waals surface area contributed by atoms with Crippen molar-refractivity contribution in [3.63, 3.8) is 0 Å². The van der Waals surface area contributed by atoms with E-state index in [0.717, 1.165) is 59.2 Å². The molecule has 5 nitrogen and oxygen atoms in total. The van der Waals surface area contributed by atoms with E-state index in [1.54, 1.807) is 6.26 Å². The third kappa shape index (κ3) is 2.47. The molecule has 0 atom stereocenters. The molecule has 130 valence electrons. The first-order chi connectivity index (χ1) is 12.8. The fourth-order valence-electron chi connectivity index (χ4n) is 3.72. The lowest BCUT2D eigenvalue weighted by Gasteiger charge is -2.26.